The van der Waals surface area contributed by atoms with E-state index in [1.54, 1.807) is 12.1 Å². The van der Waals surface area contributed by atoms with Gasteiger partial charge in [-0.05, 0) is 66.8 Å². The molecule has 3 nitrogen and oxygen atoms in total. The molecule has 110 valence electrons. The van der Waals surface area contributed by atoms with Gasteiger partial charge < -0.3 is 10.0 Å². The quantitative estimate of drug-likeness (QED) is 0.858. The van der Waals surface area contributed by atoms with Crippen molar-refractivity contribution in [2.45, 2.75) is 20.3 Å². The summed E-state index contributed by atoms with van der Waals surface area (Å²) in [5.74, 6) is 2.05. The average molecular weight is 291 g/mol. The van der Waals surface area contributed by atoms with E-state index in [9.17, 15) is 4.79 Å². The number of benzene rings is 2. The van der Waals surface area contributed by atoms with Crippen LogP contribution in [0.5, 0.6) is 0 Å². The van der Waals surface area contributed by atoms with Crippen molar-refractivity contribution < 1.29 is 9.90 Å². The van der Waals surface area contributed by atoms with Crippen molar-refractivity contribution in [2.24, 2.45) is 0 Å². The Kier molecular flexibility index (Phi) is 3.60. The molecule has 22 heavy (non-hydrogen) atoms. The Bertz CT molecular complexity index is 812. The molecule has 0 saturated carbocycles. The maximum absolute atomic E-state index is 11.0. The fourth-order valence-corrected chi connectivity index (χ4v) is 2.94. The van der Waals surface area contributed by atoms with Crippen LogP contribution >= 0.6 is 0 Å². The van der Waals surface area contributed by atoms with Crippen molar-refractivity contribution in [3.63, 3.8) is 0 Å². The third kappa shape index (κ3) is 2.44. The SMILES string of the molecule is CC#CN1CCc2cc(-c3ccc(C(=O)O)cc3C)ccc21. The fourth-order valence-electron chi connectivity index (χ4n) is 2.94. The molecule has 1 heterocycles. The molecule has 0 amide bonds. The molecule has 3 rings (SSSR count). The Morgan fingerprint density at radius 2 is 2.05 bits per heavy atom. The van der Waals surface area contributed by atoms with Gasteiger partial charge in [-0.3, -0.25) is 0 Å². The summed E-state index contributed by atoms with van der Waals surface area (Å²) in [5, 5.41) is 9.06. The van der Waals surface area contributed by atoms with E-state index in [-0.39, 0.29) is 0 Å². The number of anilines is 1. The smallest absolute Gasteiger partial charge is 0.335 e. The number of aromatic carboxylic acids is 1. The number of nitrogens with zero attached hydrogens (tertiary/aromatic N) is 1. The molecule has 0 radical (unpaired) electrons. The maximum Gasteiger partial charge on any atom is 0.335 e. The number of carboxylic acids is 1. The molecular weight excluding hydrogens is 274 g/mol. The molecule has 0 saturated heterocycles. The van der Waals surface area contributed by atoms with Crippen molar-refractivity contribution in [1.82, 2.24) is 0 Å². The van der Waals surface area contributed by atoms with Gasteiger partial charge in [0.05, 0.1) is 11.3 Å². The van der Waals surface area contributed by atoms with E-state index in [1.165, 1.54) is 11.3 Å². The van der Waals surface area contributed by atoms with Crippen LogP contribution in [0, 0.1) is 18.9 Å². The molecule has 2 aromatic carbocycles. The van der Waals surface area contributed by atoms with Gasteiger partial charge in [-0.2, -0.15) is 0 Å². The Morgan fingerprint density at radius 3 is 2.73 bits per heavy atom. The molecule has 0 atom stereocenters. The van der Waals surface area contributed by atoms with Crippen LogP contribution in [0.3, 0.4) is 0 Å². The van der Waals surface area contributed by atoms with Gasteiger partial charge in [-0.1, -0.05) is 18.1 Å². The molecule has 3 heteroatoms. The van der Waals surface area contributed by atoms with E-state index in [2.05, 4.69) is 35.1 Å². The Balaban J connectivity index is 2.00. The van der Waals surface area contributed by atoms with E-state index in [0.29, 0.717) is 5.56 Å². The van der Waals surface area contributed by atoms with Crippen molar-refractivity contribution in [1.29, 1.82) is 0 Å². The molecule has 0 unspecified atom stereocenters. The zero-order valence-corrected chi connectivity index (χ0v) is 12.7. The minimum atomic E-state index is -0.891. The lowest BCUT2D eigenvalue weighted by Gasteiger charge is -2.12. The van der Waals surface area contributed by atoms with Gasteiger partial charge in [0.25, 0.3) is 0 Å². The van der Waals surface area contributed by atoms with Crippen LogP contribution in [0.2, 0.25) is 0 Å². The zero-order chi connectivity index (χ0) is 15.7. The first-order valence-electron chi connectivity index (χ1n) is 7.27. The number of hydrogen-bond acceptors (Lipinski definition) is 2. The van der Waals surface area contributed by atoms with Gasteiger partial charge >= 0.3 is 5.97 Å². The molecule has 1 aliphatic heterocycles. The van der Waals surface area contributed by atoms with Crippen LogP contribution in [0.1, 0.15) is 28.4 Å². The van der Waals surface area contributed by atoms with Gasteiger partial charge in [-0.15, -0.1) is 0 Å². The Hall–Kier alpha value is -2.73. The number of hydrogen-bond donors (Lipinski definition) is 1. The number of carboxylic acid groups (broad SMARTS) is 1. The van der Waals surface area contributed by atoms with Gasteiger partial charge in [0.1, 0.15) is 0 Å². The van der Waals surface area contributed by atoms with Crippen LogP contribution in [0.25, 0.3) is 11.1 Å². The molecular formula is C19H17NO2. The third-order valence-electron chi connectivity index (χ3n) is 4.01. The Morgan fingerprint density at radius 1 is 1.23 bits per heavy atom. The van der Waals surface area contributed by atoms with Crippen LogP contribution < -0.4 is 4.90 Å². The highest BCUT2D eigenvalue weighted by Crippen LogP contribution is 2.33. The standard InChI is InChI=1S/C19H17NO2/c1-3-9-20-10-8-15-12-14(5-7-18(15)20)17-6-4-16(19(21)22)11-13(17)2/h4-7,11-12H,8,10H2,1-2H3,(H,21,22). The molecule has 0 aliphatic carbocycles. The van der Waals surface area contributed by atoms with Gasteiger partial charge in [-0.25, -0.2) is 4.79 Å². The summed E-state index contributed by atoms with van der Waals surface area (Å²) in [6, 6.07) is 14.8. The van der Waals surface area contributed by atoms with E-state index < -0.39 is 5.97 Å². The summed E-state index contributed by atoms with van der Waals surface area (Å²) < 4.78 is 0. The van der Waals surface area contributed by atoms with E-state index in [4.69, 9.17) is 5.11 Å². The lowest BCUT2D eigenvalue weighted by molar-refractivity contribution is 0.0697. The monoisotopic (exact) mass is 291 g/mol. The summed E-state index contributed by atoms with van der Waals surface area (Å²) in [6.07, 6.45) is 0.990. The highest BCUT2D eigenvalue weighted by atomic mass is 16.4. The normalized spacial score (nSPS) is 12.5. The summed E-state index contributed by atoms with van der Waals surface area (Å²) in [6.45, 7) is 4.72. The predicted molar refractivity (Wildman–Crippen MR) is 88.1 cm³/mol. The number of carbonyl (C=O) groups is 1. The predicted octanol–water partition coefficient (Wildman–Crippen LogP) is 3.70. The van der Waals surface area contributed by atoms with Crippen molar-refractivity contribution in [3.05, 3.63) is 53.1 Å². The molecule has 1 N–H and O–H groups in total. The van der Waals surface area contributed by atoms with Crippen molar-refractivity contribution in [3.8, 4) is 23.1 Å². The first kappa shape index (κ1) is 14.2. The molecule has 2 aromatic rings. The lowest BCUT2D eigenvalue weighted by atomic mass is 9.96. The maximum atomic E-state index is 11.0. The second-order valence-electron chi connectivity index (χ2n) is 5.44. The average Bonchev–Trinajstić information content (AvgIpc) is 2.90. The number of fused-ring (bicyclic) bond motifs is 1. The van der Waals surface area contributed by atoms with E-state index in [1.807, 2.05) is 19.9 Å². The van der Waals surface area contributed by atoms with Crippen molar-refractivity contribution in [2.75, 3.05) is 11.4 Å². The summed E-state index contributed by atoms with van der Waals surface area (Å²) >= 11 is 0. The van der Waals surface area contributed by atoms with Crippen LogP contribution in [0.15, 0.2) is 36.4 Å². The van der Waals surface area contributed by atoms with Gasteiger partial charge in [0.15, 0.2) is 0 Å². The summed E-state index contributed by atoms with van der Waals surface area (Å²) in [7, 11) is 0. The molecule has 0 bridgehead atoms. The van der Waals surface area contributed by atoms with Crippen molar-refractivity contribution >= 4 is 11.7 Å². The topological polar surface area (TPSA) is 40.5 Å². The summed E-state index contributed by atoms with van der Waals surface area (Å²) in [4.78, 5) is 13.1. The highest BCUT2D eigenvalue weighted by molar-refractivity contribution is 5.89. The first-order valence-corrected chi connectivity index (χ1v) is 7.27. The van der Waals surface area contributed by atoms with Crippen LogP contribution in [-0.2, 0) is 6.42 Å². The summed E-state index contributed by atoms with van der Waals surface area (Å²) in [5.41, 5.74) is 5.97. The van der Waals surface area contributed by atoms with E-state index in [0.717, 1.165) is 29.7 Å². The second-order valence-corrected chi connectivity index (χ2v) is 5.44. The number of aryl methyl sites for hydroxylation is 1. The van der Waals surface area contributed by atoms with Crippen LogP contribution in [-0.4, -0.2) is 17.6 Å². The third-order valence-corrected chi connectivity index (χ3v) is 4.01. The van der Waals surface area contributed by atoms with Gasteiger partial charge in [0, 0.05) is 12.6 Å². The fraction of sp³-hybridized carbons (Fsp3) is 0.211. The molecule has 1 aliphatic rings. The van der Waals surface area contributed by atoms with Crippen LogP contribution in [0.4, 0.5) is 5.69 Å². The molecule has 0 spiro atoms. The minimum absolute atomic E-state index is 0.326. The number of rotatable bonds is 2. The molecule has 0 aromatic heterocycles. The van der Waals surface area contributed by atoms with Gasteiger partial charge in [0.2, 0.25) is 0 Å². The van der Waals surface area contributed by atoms with E-state index >= 15 is 0 Å². The first-order chi connectivity index (χ1) is 10.6. The largest absolute Gasteiger partial charge is 0.478 e. The highest BCUT2D eigenvalue weighted by Gasteiger charge is 2.18. The molecule has 0 fully saturated rings. The zero-order valence-electron chi connectivity index (χ0n) is 12.7. The lowest BCUT2D eigenvalue weighted by Crippen LogP contribution is -2.12. The Labute approximate surface area is 130 Å². The minimum Gasteiger partial charge on any atom is -0.478 e. The second kappa shape index (κ2) is 5.57.